The van der Waals surface area contributed by atoms with Crippen molar-refractivity contribution in [3.05, 3.63) is 0 Å². The van der Waals surface area contributed by atoms with Crippen LogP contribution in [0.4, 0.5) is 48.3 Å². The fourth-order valence-corrected chi connectivity index (χ4v) is 2.20. The summed E-state index contributed by atoms with van der Waals surface area (Å²) in [5.74, 6) is -21.5. The number of hydrogen-bond donors (Lipinski definition) is 0. The van der Waals surface area contributed by atoms with Crippen LogP contribution in [0.2, 0.25) is 0 Å². The van der Waals surface area contributed by atoms with Crippen LogP contribution in [0, 0.1) is 0 Å². The van der Waals surface area contributed by atoms with Crippen molar-refractivity contribution in [2.75, 3.05) is 46.1 Å². The van der Waals surface area contributed by atoms with Crippen molar-refractivity contribution in [2.45, 2.75) is 36.5 Å². The number of halogens is 11. The van der Waals surface area contributed by atoms with Crippen LogP contribution in [0.3, 0.4) is 0 Å². The van der Waals surface area contributed by atoms with Gasteiger partial charge < -0.3 is 14.2 Å². The molecular formula is C14H16F11NO4. The third kappa shape index (κ3) is 6.54. The van der Waals surface area contributed by atoms with E-state index in [-0.39, 0.29) is 26.3 Å². The van der Waals surface area contributed by atoms with Crippen LogP contribution in [-0.2, 0) is 19.0 Å². The van der Waals surface area contributed by atoms with Crippen LogP contribution in [0.15, 0.2) is 0 Å². The van der Waals surface area contributed by atoms with Gasteiger partial charge in [-0.05, 0) is 0 Å². The molecule has 0 aromatic carbocycles. The molecular weight excluding hydrogens is 455 g/mol. The van der Waals surface area contributed by atoms with Gasteiger partial charge in [0.25, 0.3) is 0 Å². The maximum atomic E-state index is 13.4. The van der Waals surface area contributed by atoms with Crippen LogP contribution in [0.5, 0.6) is 0 Å². The number of ether oxygens (including phenoxy) is 3. The Labute approximate surface area is 162 Å². The van der Waals surface area contributed by atoms with Crippen molar-refractivity contribution in [1.82, 2.24) is 4.90 Å². The van der Waals surface area contributed by atoms with Gasteiger partial charge in [-0.15, -0.1) is 0 Å². The Bertz CT molecular complexity index is 565. The largest absolute Gasteiger partial charge is 0.490 e. The van der Waals surface area contributed by atoms with Crippen molar-refractivity contribution in [3.8, 4) is 0 Å². The van der Waals surface area contributed by atoms with Crippen molar-refractivity contribution in [1.29, 1.82) is 0 Å². The lowest BCUT2D eigenvalue weighted by molar-refractivity contribution is -0.346. The fraction of sp³-hybridized carbons (Fsp3) is 0.929. The molecule has 30 heavy (non-hydrogen) atoms. The summed E-state index contributed by atoms with van der Waals surface area (Å²) >= 11 is 0. The number of morpholine rings is 1. The molecule has 1 fully saturated rings. The Hall–Kier alpha value is -1.42. The lowest BCUT2D eigenvalue weighted by Gasteiger charge is -2.33. The van der Waals surface area contributed by atoms with E-state index < -0.39 is 62.2 Å². The number of hydrogen-bond acceptors (Lipinski definition) is 5. The molecule has 0 saturated carbocycles. The maximum Gasteiger partial charge on any atom is 0.490 e. The number of carbonyl (C=O) groups excluding carboxylic acids is 1. The average Bonchev–Trinajstić information content (AvgIpc) is 2.61. The number of nitrogens with zero attached hydrogens (tertiary/aromatic N) is 1. The third-order valence-corrected chi connectivity index (χ3v) is 3.81. The van der Waals surface area contributed by atoms with E-state index in [9.17, 15) is 53.1 Å². The second-order valence-electron chi connectivity index (χ2n) is 6.16. The van der Waals surface area contributed by atoms with Gasteiger partial charge in [0, 0.05) is 19.6 Å². The molecule has 0 bridgehead atoms. The Kier molecular flexibility index (Phi) is 8.70. The van der Waals surface area contributed by atoms with Crippen LogP contribution in [-0.4, -0.2) is 93.4 Å². The first-order valence-electron chi connectivity index (χ1n) is 8.09. The van der Waals surface area contributed by atoms with Gasteiger partial charge in [-0.2, -0.15) is 39.5 Å². The molecule has 0 aliphatic carbocycles. The highest BCUT2D eigenvalue weighted by atomic mass is 19.4. The van der Waals surface area contributed by atoms with E-state index >= 15 is 0 Å². The minimum Gasteiger partial charge on any atom is -0.452 e. The quantitative estimate of drug-likeness (QED) is 0.362. The summed E-state index contributed by atoms with van der Waals surface area (Å²) in [6, 6.07) is 0. The fourth-order valence-electron chi connectivity index (χ4n) is 2.20. The Morgan fingerprint density at radius 3 is 1.97 bits per heavy atom. The molecule has 1 heterocycles. The molecule has 1 saturated heterocycles. The third-order valence-electron chi connectivity index (χ3n) is 3.81. The molecule has 1 aliphatic rings. The lowest BCUT2D eigenvalue weighted by Crippen LogP contribution is -2.59. The molecule has 16 heteroatoms. The first-order valence-corrected chi connectivity index (χ1v) is 8.09. The molecule has 0 aromatic heterocycles. The summed E-state index contributed by atoms with van der Waals surface area (Å²) in [4.78, 5) is 12.3. The van der Waals surface area contributed by atoms with Gasteiger partial charge in [0.15, 0.2) is 0 Å². The second-order valence-corrected chi connectivity index (χ2v) is 6.16. The van der Waals surface area contributed by atoms with Gasteiger partial charge in [0.1, 0.15) is 12.7 Å². The highest BCUT2D eigenvalue weighted by Gasteiger charge is 2.75. The maximum absolute atomic E-state index is 13.4. The average molecular weight is 471 g/mol. The van der Waals surface area contributed by atoms with E-state index in [1.165, 1.54) is 4.90 Å². The van der Waals surface area contributed by atoms with E-state index in [0.717, 1.165) is 0 Å². The van der Waals surface area contributed by atoms with E-state index in [2.05, 4.69) is 9.47 Å². The summed E-state index contributed by atoms with van der Waals surface area (Å²) in [6.45, 7) is -3.86. The van der Waals surface area contributed by atoms with Gasteiger partial charge >= 0.3 is 36.3 Å². The first kappa shape index (κ1) is 26.6. The van der Waals surface area contributed by atoms with Crippen molar-refractivity contribution < 1.29 is 67.3 Å². The standard InChI is InChI=1S/C14H16F11NO4/c15-9(16)12(19,20)14(24,25)11(17,18)7-29-6-8(30-10(27)13(21,22)23)5-26-1-3-28-4-2-26/h8-9H,1-7H2. The summed E-state index contributed by atoms with van der Waals surface area (Å²) in [7, 11) is 0. The summed E-state index contributed by atoms with van der Waals surface area (Å²) < 4.78 is 153. The minimum atomic E-state index is -6.53. The van der Waals surface area contributed by atoms with Gasteiger partial charge in [-0.25, -0.2) is 13.6 Å². The van der Waals surface area contributed by atoms with E-state index in [1.54, 1.807) is 0 Å². The molecule has 1 rings (SSSR count). The summed E-state index contributed by atoms with van der Waals surface area (Å²) in [5, 5.41) is 0. The monoisotopic (exact) mass is 471 g/mol. The topological polar surface area (TPSA) is 48.0 Å². The van der Waals surface area contributed by atoms with Gasteiger partial charge in [-0.3, -0.25) is 4.90 Å². The van der Waals surface area contributed by atoms with Crippen LogP contribution < -0.4 is 0 Å². The first-order chi connectivity index (χ1) is 13.5. The van der Waals surface area contributed by atoms with Crippen LogP contribution in [0.25, 0.3) is 0 Å². The molecule has 5 nitrogen and oxygen atoms in total. The highest BCUT2D eigenvalue weighted by Crippen LogP contribution is 2.48. The minimum absolute atomic E-state index is 0.133. The number of carbonyl (C=O) groups is 1. The molecule has 178 valence electrons. The SMILES string of the molecule is O=C(OC(COCC(F)(F)C(F)(F)C(F)(F)C(F)F)CN1CCOCC1)C(F)(F)F. The number of alkyl halides is 11. The zero-order valence-electron chi connectivity index (χ0n) is 14.8. The van der Waals surface area contributed by atoms with Gasteiger partial charge in [0.05, 0.1) is 19.8 Å². The summed E-state index contributed by atoms with van der Waals surface area (Å²) in [6.07, 6.45) is -12.5. The predicted molar refractivity (Wildman–Crippen MR) is 74.9 cm³/mol. The number of esters is 1. The molecule has 0 spiro atoms. The van der Waals surface area contributed by atoms with E-state index in [4.69, 9.17) is 4.74 Å². The highest BCUT2D eigenvalue weighted by molar-refractivity contribution is 5.75. The summed E-state index contributed by atoms with van der Waals surface area (Å²) in [5.41, 5.74) is 0. The zero-order valence-corrected chi connectivity index (χ0v) is 14.8. The molecule has 1 aliphatic heterocycles. The Balaban J connectivity index is 2.80. The Morgan fingerprint density at radius 1 is 0.967 bits per heavy atom. The van der Waals surface area contributed by atoms with Crippen molar-refractivity contribution >= 4 is 5.97 Å². The number of rotatable bonds is 10. The van der Waals surface area contributed by atoms with Crippen LogP contribution in [0.1, 0.15) is 0 Å². The molecule has 0 amide bonds. The normalized spacial score (nSPS) is 18.5. The molecule has 1 atom stereocenters. The zero-order chi connectivity index (χ0) is 23.4. The van der Waals surface area contributed by atoms with Crippen molar-refractivity contribution in [2.24, 2.45) is 0 Å². The lowest BCUT2D eigenvalue weighted by atomic mass is 10.1. The van der Waals surface area contributed by atoms with Crippen LogP contribution >= 0.6 is 0 Å². The second kappa shape index (κ2) is 9.80. The molecule has 0 aromatic rings. The molecule has 0 N–H and O–H groups in total. The smallest absolute Gasteiger partial charge is 0.452 e. The van der Waals surface area contributed by atoms with Gasteiger partial charge in [-0.1, -0.05) is 0 Å². The molecule has 0 radical (unpaired) electrons. The molecule has 1 unspecified atom stereocenters. The van der Waals surface area contributed by atoms with E-state index in [1.807, 2.05) is 0 Å². The van der Waals surface area contributed by atoms with Crippen molar-refractivity contribution in [3.63, 3.8) is 0 Å². The Morgan fingerprint density at radius 2 is 1.50 bits per heavy atom. The predicted octanol–water partition coefficient (Wildman–Crippen LogP) is 2.98. The van der Waals surface area contributed by atoms with Gasteiger partial charge in [0.2, 0.25) is 0 Å². The van der Waals surface area contributed by atoms with E-state index in [0.29, 0.717) is 0 Å².